The molecule has 0 bridgehead atoms. The van der Waals surface area contributed by atoms with Gasteiger partial charge in [-0.05, 0) is 66.2 Å². The van der Waals surface area contributed by atoms with Gasteiger partial charge < -0.3 is 15.4 Å². The average Bonchev–Trinajstić information content (AvgIpc) is 3.35. The molecule has 7 heteroatoms. The number of imidazole rings is 1. The van der Waals surface area contributed by atoms with Crippen molar-refractivity contribution in [2.45, 2.75) is 6.54 Å². The molecular formula is C28H25N5O2. The number of nitrogens with one attached hydrogen (secondary N) is 2. The number of amides is 1. The van der Waals surface area contributed by atoms with Crippen LogP contribution >= 0.6 is 0 Å². The van der Waals surface area contributed by atoms with Crippen LogP contribution in [0.2, 0.25) is 0 Å². The van der Waals surface area contributed by atoms with Gasteiger partial charge in [-0.3, -0.25) is 14.3 Å². The Labute approximate surface area is 203 Å². The van der Waals surface area contributed by atoms with Gasteiger partial charge in [-0.1, -0.05) is 24.3 Å². The molecule has 0 saturated heterocycles. The highest BCUT2D eigenvalue weighted by Gasteiger charge is 2.10. The monoisotopic (exact) mass is 463 g/mol. The molecule has 2 N–H and O–H groups in total. The summed E-state index contributed by atoms with van der Waals surface area (Å²) in [6, 6.07) is 27.3. The Bertz CT molecular complexity index is 1400. The highest BCUT2D eigenvalue weighted by Crippen LogP contribution is 2.21. The van der Waals surface area contributed by atoms with Crippen molar-refractivity contribution >= 4 is 22.6 Å². The van der Waals surface area contributed by atoms with E-state index in [1.165, 1.54) is 0 Å². The number of aromatic nitrogens is 3. The largest absolute Gasteiger partial charge is 0.492 e. The van der Waals surface area contributed by atoms with E-state index in [0.29, 0.717) is 25.3 Å². The molecule has 174 valence electrons. The number of benzene rings is 3. The molecule has 0 spiro atoms. The topological polar surface area (TPSA) is 81.1 Å². The number of fused-ring (bicyclic) bond motifs is 1. The summed E-state index contributed by atoms with van der Waals surface area (Å²) in [7, 11) is 0. The molecule has 35 heavy (non-hydrogen) atoms. The maximum Gasteiger partial charge on any atom is 0.251 e. The van der Waals surface area contributed by atoms with Crippen molar-refractivity contribution in [3.63, 3.8) is 0 Å². The van der Waals surface area contributed by atoms with E-state index in [1.807, 2.05) is 89.5 Å². The van der Waals surface area contributed by atoms with E-state index in [9.17, 15) is 4.79 Å². The lowest BCUT2D eigenvalue weighted by atomic mass is 10.1. The number of para-hydroxylation sites is 1. The third kappa shape index (κ3) is 5.47. The van der Waals surface area contributed by atoms with Gasteiger partial charge in [0, 0.05) is 42.4 Å². The summed E-state index contributed by atoms with van der Waals surface area (Å²) in [5.74, 6) is 0.725. The SMILES string of the molecule is O=C(NCc1cccnc1)c1ccc2c(c1)ncn2-c1ccc(NCCOc2ccccc2)cc1. The van der Waals surface area contributed by atoms with E-state index in [2.05, 4.69) is 20.6 Å². The molecule has 2 heterocycles. The van der Waals surface area contributed by atoms with Crippen molar-refractivity contribution in [2.24, 2.45) is 0 Å². The number of rotatable bonds is 9. The van der Waals surface area contributed by atoms with Crippen LogP contribution in [0.15, 0.2) is 104 Å². The first-order chi connectivity index (χ1) is 17.3. The maximum absolute atomic E-state index is 12.6. The van der Waals surface area contributed by atoms with Gasteiger partial charge in [0.25, 0.3) is 5.91 Å². The second kappa shape index (κ2) is 10.5. The Kier molecular flexibility index (Phi) is 6.66. The van der Waals surface area contributed by atoms with Crippen LogP contribution in [-0.2, 0) is 6.54 Å². The molecule has 0 fully saturated rings. The van der Waals surface area contributed by atoms with Gasteiger partial charge in [0.1, 0.15) is 18.7 Å². The number of nitrogens with zero attached hydrogens (tertiary/aromatic N) is 3. The summed E-state index contributed by atoms with van der Waals surface area (Å²) < 4.78 is 7.73. The number of carbonyl (C=O) groups is 1. The molecule has 0 aliphatic carbocycles. The molecule has 0 radical (unpaired) electrons. The fourth-order valence-corrected chi connectivity index (χ4v) is 3.77. The van der Waals surface area contributed by atoms with Gasteiger partial charge in [0.15, 0.2) is 0 Å². The second-order valence-corrected chi connectivity index (χ2v) is 8.00. The zero-order valence-electron chi connectivity index (χ0n) is 19.1. The molecule has 3 aromatic carbocycles. The number of anilines is 1. The minimum absolute atomic E-state index is 0.142. The lowest BCUT2D eigenvalue weighted by molar-refractivity contribution is 0.0951. The molecule has 0 saturated carbocycles. The van der Waals surface area contributed by atoms with E-state index in [1.54, 1.807) is 18.7 Å². The Morgan fingerprint density at radius 2 is 1.80 bits per heavy atom. The highest BCUT2D eigenvalue weighted by atomic mass is 16.5. The summed E-state index contributed by atoms with van der Waals surface area (Å²) in [4.78, 5) is 21.2. The van der Waals surface area contributed by atoms with Gasteiger partial charge >= 0.3 is 0 Å². The van der Waals surface area contributed by atoms with Crippen LogP contribution in [0.4, 0.5) is 5.69 Å². The van der Waals surface area contributed by atoms with Crippen molar-refractivity contribution in [1.29, 1.82) is 0 Å². The lowest BCUT2D eigenvalue weighted by Gasteiger charge is -2.10. The van der Waals surface area contributed by atoms with Crippen LogP contribution in [0.25, 0.3) is 16.7 Å². The highest BCUT2D eigenvalue weighted by molar-refractivity contribution is 5.97. The van der Waals surface area contributed by atoms with Crippen LogP contribution in [-0.4, -0.2) is 33.6 Å². The zero-order valence-corrected chi connectivity index (χ0v) is 19.1. The first-order valence-corrected chi connectivity index (χ1v) is 11.4. The lowest BCUT2D eigenvalue weighted by Crippen LogP contribution is -2.22. The number of hydrogen-bond donors (Lipinski definition) is 2. The standard InChI is InChI=1S/C28H25N5O2/c34-28(31-19-21-5-4-14-29-18-21)22-8-13-27-26(17-22)32-20-33(27)24-11-9-23(10-12-24)30-15-16-35-25-6-2-1-3-7-25/h1-14,17-18,20,30H,15-16,19H2,(H,31,34). The van der Waals surface area contributed by atoms with Crippen molar-refractivity contribution in [2.75, 3.05) is 18.5 Å². The van der Waals surface area contributed by atoms with Crippen LogP contribution in [0.3, 0.4) is 0 Å². The Morgan fingerprint density at radius 1 is 0.943 bits per heavy atom. The van der Waals surface area contributed by atoms with Crippen molar-refractivity contribution in [1.82, 2.24) is 19.9 Å². The summed E-state index contributed by atoms with van der Waals surface area (Å²) in [5.41, 5.74) is 5.23. The minimum atomic E-state index is -0.142. The molecule has 0 aliphatic rings. The average molecular weight is 464 g/mol. The van der Waals surface area contributed by atoms with Gasteiger partial charge in [-0.25, -0.2) is 4.98 Å². The Hall–Kier alpha value is -4.65. The summed E-state index contributed by atoms with van der Waals surface area (Å²) in [6.07, 6.45) is 5.23. The van der Waals surface area contributed by atoms with E-state index >= 15 is 0 Å². The van der Waals surface area contributed by atoms with Gasteiger partial charge in [0.05, 0.1) is 11.0 Å². The van der Waals surface area contributed by atoms with Gasteiger partial charge in [-0.15, -0.1) is 0 Å². The van der Waals surface area contributed by atoms with E-state index in [0.717, 1.165) is 33.7 Å². The molecule has 0 aliphatic heterocycles. The second-order valence-electron chi connectivity index (χ2n) is 8.00. The summed E-state index contributed by atoms with van der Waals surface area (Å²) >= 11 is 0. The maximum atomic E-state index is 12.6. The molecule has 0 unspecified atom stereocenters. The summed E-state index contributed by atoms with van der Waals surface area (Å²) in [6.45, 7) is 1.71. The van der Waals surface area contributed by atoms with Crippen LogP contribution in [0.5, 0.6) is 5.75 Å². The first kappa shape index (κ1) is 22.2. The minimum Gasteiger partial charge on any atom is -0.492 e. The van der Waals surface area contributed by atoms with Crippen LogP contribution in [0.1, 0.15) is 15.9 Å². The number of ether oxygens (including phenoxy) is 1. The van der Waals surface area contributed by atoms with E-state index < -0.39 is 0 Å². The van der Waals surface area contributed by atoms with E-state index in [-0.39, 0.29) is 5.91 Å². The predicted octanol–water partition coefficient (Wildman–Crippen LogP) is 4.84. The fourth-order valence-electron chi connectivity index (χ4n) is 3.77. The molecule has 5 aromatic rings. The fraction of sp³-hybridized carbons (Fsp3) is 0.107. The smallest absolute Gasteiger partial charge is 0.251 e. The van der Waals surface area contributed by atoms with Crippen molar-refractivity contribution in [3.8, 4) is 11.4 Å². The number of carbonyl (C=O) groups excluding carboxylic acids is 1. The quantitative estimate of drug-likeness (QED) is 0.306. The molecule has 0 atom stereocenters. The molecule has 2 aromatic heterocycles. The van der Waals surface area contributed by atoms with Crippen molar-refractivity contribution < 1.29 is 9.53 Å². The predicted molar refractivity (Wildman–Crippen MR) is 137 cm³/mol. The third-order valence-electron chi connectivity index (χ3n) is 5.57. The Morgan fingerprint density at radius 3 is 2.60 bits per heavy atom. The molecule has 1 amide bonds. The summed E-state index contributed by atoms with van der Waals surface area (Å²) in [5, 5.41) is 6.30. The van der Waals surface area contributed by atoms with E-state index in [4.69, 9.17) is 4.74 Å². The van der Waals surface area contributed by atoms with Crippen molar-refractivity contribution in [3.05, 3.63) is 115 Å². The number of pyridine rings is 1. The third-order valence-corrected chi connectivity index (χ3v) is 5.57. The first-order valence-electron chi connectivity index (χ1n) is 11.4. The Balaban J connectivity index is 1.20. The normalized spacial score (nSPS) is 10.7. The van der Waals surface area contributed by atoms with Gasteiger partial charge in [0.2, 0.25) is 0 Å². The number of hydrogen-bond acceptors (Lipinski definition) is 5. The van der Waals surface area contributed by atoms with Crippen LogP contribution < -0.4 is 15.4 Å². The zero-order chi connectivity index (χ0) is 23.9. The van der Waals surface area contributed by atoms with Gasteiger partial charge in [-0.2, -0.15) is 0 Å². The molecular weight excluding hydrogens is 438 g/mol. The van der Waals surface area contributed by atoms with Crippen LogP contribution in [0, 0.1) is 0 Å². The molecule has 7 nitrogen and oxygen atoms in total. The molecule has 5 rings (SSSR count).